The molecule has 0 bridgehead atoms. The van der Waals surface area contributed by atoms with Crippen LogP contribution in [0.5, 0.6) is 0 Å². The first-order valence-electron chi connectivity index (χ1n) is 11.3. The fourth-order valence-corrected chi connectivity index (χ4v) is 5.18. The Morgan fingerprint density at radius 3 is 2.58 bits per heavy atom. The van der Waals surface area contributed by atoms with E-state index in [1.807, 2.05) is 18.2 Å². The second-order valence-electron chi connectivity index (χ2n) is 8.23. The number of esters is 1. The number of amides is 1. The van der Waals surface area contributed by atoms with Crippen molar-refractivity contribution in [2.75, 3.05) is 12.0 Å². The summed E-state index contributed by atoms with van der Waals surface area (Å²) in [6.07, 6.45) is 7.91. The first kappa shape index (κ1) is 23.5. The summed E-state index contributed by atoms with van der Waals surface area (Å²) in [5.74, 6) is -0.328. The minimum absolute atomic E-state index is 0.0164. The van der Waals surface area contributed by atoms with Gasteiger partial charge < -0.3 is 14.7 Å². The minimum atomic E-state index is -0.643. The number of thiophene rings is 1. The maximum Gasteiger partial charge on any atom is 0.348 e. The van der Waals surface area contributed by atoms with Gasteiger partial charge in [-0.05, 0) is 61.9 Å². The van der Waals surface area contributed by atoms with E-state index in [0.717, 1.165) is 36.2 Å². The largest absolute Gasteiger partial charge is 0.465 e. The molecule has 0 saturated carbocycles. The smallest absolute Gasteiger partial charge is 0.348 e. The summed E-state index contributed by atoms with van der Waals surface area (Å²) in [4.78, 5) is 27.7. The summed E-state index contributed by atoms with van der Waals surface area (Å²) in [5.41, 5.74) is 2.16. The Balaban J connectivity index is 1.57. The molecule has 1 saturated heterocycles. The van der Waals surface area contributed by atoms with E-state index < -0.39 is 6.10 Å². The van der Waals surface area contributed by atoms with E-state index in [1.165, 1.54) is 49.7 Å². The lowest BCUT2D eigenvalue weighted by molar-refractivity contribution is -0.117. The van der Waals surface area contributed by atoms with Crippen LogP contribution < -0.4 is 4.90 Å². The Morgan fingerprint density at radius 2 is 1.87 bits per heavy atom. The summed E-state index contributed by atoms with van der Waals surface area (Å²) < 4.78 is 4.76. The van der Waals surface area contributed by atoms with Crippen LogP contribution in [-0.2, 0) is 22.4 Å². The van der Waals surface area contributed by atoms with Crippen LogP contribution >= 0.6 is 11.3 Å². The highest BCUT2D eigenvalue weighted by molar-refractivity contribution is 7.13. The lowest BCUT2D eigenvalue weighted by Gasteiger charge is -2.26. The number of nitrogens with zero attached hydrogens (tertiary/aromatic N) is 1. The number of carbonyl (C=O) groups excluding carboxylic acids is 2. The second-order valence-corrected chi connectivity index (χ2v) is 9.40. The monoisotopic (exact) mass is 443 g/mol. The van der Waals surface area contributed by atoms with Crippen molar-refractivity contribution >= 4 is 28.9 Å². The van der Waals surface area contributed by atoms with Crippen molar-refractivity contribution in [3.8, 4) is 0 Å². The van der Waals surface area contributed by atoms with E-state index in [-0.39, 0.29) is 24.3 Å². The van der Waals surface area contributed by atoms with Gasteiger partial charge in [-0.15, -0.1) is 11.3 Å². The molecule has 1 aliphatic rings. The summed E-state index contributed by atoms with van der Waals surface area (Å²) in [6, 6.07) is 11.8. The fraction of sp³-hybridized carbons (Fsp3) is 0.520. The molecule has 2 atom stereocenters. The molecule has 3 rings (SSSR count). The van der Waals surface area contributed by atoms with Crippen LogP contribution in [-0.4, -0.2) is 36.2 Å². The lowest BCUT2D eigenvalue weighted by Crippen LogP contribution is -2.37. The molecule has 0 spiro atoms. The fourth-order valence-electron chi connectivity index (χ4n) is 4.21. The third-order valence-corrected chi connectivity index (χ3v) is 7.06. The number of hydrogen-bond donors (Lipinski definition) is 1. The predicted octanol–water partition coefficient (Wildman–Crippen LogP) is 5.15. The van der Waals surface area contributed by atoms with Crippen LogP contribution in [0, 0.1) is 0 Å². The number of rotatable bonds is 11. The molecule has 1 fully saturated rings. The van der Waals surface area contributed by atoms with Crippen molar-refractivity contribution < 1.29 is 19.4 Å². The summed E-state index contributed by atoms with van der Waals surface area (Å²) in [5, 5.41) is 10.5. The molecule has 2 aromatic rings. The second kappa shape index (κ2) is 11.4. The van der Waals surface area contributed by atoms with Gasteiger partial charge in [0.1, 0.15) is 4.88 Å². The van der Waals surface area contributed by atoms with Gasteiger partial charge in [0.25, 0.3) is 0 Å². The van der Waals surface area contributed by atoms with Crippen LogP contribution in [0.4, 0.5) is 5.69 Å². The number of carbonyl (C=O) groups is 2. The molecule has 1 amide bonds. The summed E-state index contributed by atoms with van der Waals surface area (Å²) in [6.45, 7) is 2.21. The number of methoxy groups -OCH3 is 1. The highest BCUT2D eigenvalue weighted by atomic mass is 32.1. The number of aliphatic hydroxyl groups is 1. The summed E-state index contributed by atoms with van der Waals surface area (Å²) >= 11 is 1.44. The maximum absolute atomic E-state index is 12.6. The van der Waals surface area contributed by atoms with Gasteiger partial charge in [-0.3, -0.25) is 4.79 Å². The third kappa shape index (κ3) is 6.17. The summed E-state index contributed by atoms with van der Waals surface area (Å²) in [7, 11) is 1.38. The zero-order chi connectivity index (χ0) is 22.2. The van der Waals surface area contributed by atoms with Crippen LogP contribution in [0.2, 0.25) is 0 Å². The molecule has 2 unspecified atom stereocenters. The molecule has 6 heteroatoms. The molecule has 0 aliphatic carbocycles. The standard InChI is InChI=1S/C25H33NO4S/c1-3-4-5-6-8-18-11-13-19(14-12-18)26-21(22(27)17-24(26)28)10-7-9-20-15-16-23(31-20)25(29)30-2/h11-16,21-22,27H,3-10,17H2,1-2H3. The predicted molar refractivity (Wildman–Crippen MR) is 125 cm³/mol. The Morgan fingerprint density at radius 1 is 1.10 bits per heavy atom. The molecule has 1 aliphatic heterocycles. The van der Waals surface area contributed by atoms with E-state index in [0.29, 0.717) is 4.88 Å². The van der Waals surface area contributed by atoms with Crippen molar-refractivity contribution in [2.45, 2.75) is 76.9 Å². The molecule has 31 heavy (non-hydrogen) atoms. The topological polar surface area (TPSA) is 66.8 Å². The molecule has 1 aromatic heterocycles. The van der Waals surface area contributed by atoms with Gasteiger partial charge in [-0.2, -0.15) is 0 Å². The molecular weight excluding hydrogens is 410 g/mol. The normalized spacial score (nSPS) is 18.5. The lowest BCUT2D eigenvalue weighted by atomic mass is 10.0. The molecular formula is C25H33NO4S. The van der Waals surface area contributed by atoms with Crippen molar-refractivity contribution in [3.05, 3.63) is 51.7 Å². The Bertz CT molecular complexity index is 861. The Hall–Kier alpha value is -2.18. The van der Waals surface area contributed by atoms with E-state index in [9.17, 15) is 14.7 Å². The number of benzene rings is 1. The number of aliphatic hydroxyl groups excluding tert-OH is 1. The van der Waals surface area contributed by atoms with Crippen molar-refractivity contribution in [2.24, 2.45) is 0 Å². The van der Waals surface area contributed by atoms with Crippen LogP contribution in [0.3, 0.4) is 0 Å². The van der Waals surface area contributed by atoms with Crippen LogP contribution in [0.15, 0.2) is 36.4 Å². The van der Waals surface area contributed by atoms with Crippen LogP contribution in [0.25, 0.3) is 0 Å². The van der Waals surface area contributed by atoms with Crippen molar-refractivity contribution in [3.63, 3.8) is 0 Å². The number of ether oxygens (including phenoxy) is 1. The Kier molecular flexibility index (Phi) is 8.67. The zero-order valence-corrected chi connectivity index (χ0v) is 19.3. The van der Waals surface area contributed by atoms with E-state index in [1.54, 1.807) is 11.0 Å². The molecule has 1 N–H and O–H groups in total. The highest BCUT2D eigenvalue weighted by Gasteiger charge is 2.39. The SMILES string of the molecule is CCCCCCc1ccc(N2C(=O)CC(O)C2CCCc2ccc(C(=O)OC)s2)cc1. The van der Waals surface area contributed by atoms with Crippen molar-refractivity contribution in [1.29, 1.82) is 0 Å². The average Bonchev–Trinajstić information content (AvgIpc) is 3.35. The van der Waals surface area contributed by atoms with E-state index in [4.69, 9.17) is 4.74 Å². The molecule has 5 nitrogen and oxygen atoms in total. The number of unbranched alkanes of at least 4 members (excludes halogenated alkanes) is 3. The number of hydrogen-bond acceptors (Lipinski definition) is 5. The quantitative estimate of drug-likeness (QED) is 0.385. The van der Waals surface area contributed by atoms with Gasteiger partial charge in [0, 0.05) is 10.6 Å². The number of aryl methyl sites for hydroxylation is 2. The molecule has 0 radical (unpaired) electrons. The van der Waals surface area contributed by atoms with Crippen molar-refractivity contribution in [1.82, 2.24) is 0 Å². The highest BCUT2D eigenvalue weighted by Crippen LogP contribution is 2.31. The van der Waals surface area contributed by atoms with Gasteiger partial charge in [-0.25, -0.2) is 4.79 Å². The van der Waals surface area contributed by atoms with Gasteiger partial charge in [-0.1, -0.05) is 38.3 Å². The van der Waals surface area contributed by atoms with E-state index >= 15 is 0 Å². The van der Waals surface area contributed by atoms with E-state index in [2.05, 4.69) is 19.1 Å². The zero-order valence-electron chi connectivity index (χ0n) is 18.5. The van der Waals surface area contributed by atoms with Crippen LogP contribution in [0.1, 0.15) is 72.0 Å². The third-order valence-electron chi connectivity index (χ3n) is 5.93. The van der Waals surface area contributed by atoms with Gasteiger partial charge in [0.15, 0.2) is 0 Å². The Labute approximate surface area is 189 Å². The maximum atomic E-state index is 12.6. The minimum Gasteiger partial charge on any atom is -0.465 e. The number of anilines is 1. The molecule has 1 aromatic carbocycles. The average molecular weight is 444 g/mol. The first-order valence-corrected chi connectivity index (χ1v) is 12.1. The molecule has 2 heterocycles. The van der Waals surface area contributed by atoms with Gasteiger partial charge in [0.2, 0.25) is 5.91 Å². The first-order chi connectivity index (χ1) is 15.0. The molecule has 168 valence electrons. The van der Waals surface area contributed by atoms with Gasteiger partial charge in [0.05, 0.1) is 25.7 Å². The van der Waals surface area contributed by atoms with Gasteiger partial charge >= 0.3 is 5.97 Å².